The molecular formula is C12H22IN5. The van der Waals surface area contributed by atoms with E-state index >= 15 is 0 Å². The van der Waals surface area contributed by atoms with Crippen molar-refractivity contribution in [1.29, 1.82) is 0 Å². The van der Waals surface area contributed by atoms with Gasteiger partial charge in [0.1, 0.15) is 0 Å². The third-order valence-electron chi connectivity index (χ3n) is 3.22. The van der Waals surface area contributed by atoms with Crippen LogP contribution in [0.4, 0.5) is 0 Å². The monoisotopic (exact) mass is 363 g/mol. The summed E-state index contributed by atoms with van der Waals surface area (Å²) in [5.74, 6) is 0.552. The van der Waals surface area contributed by atoms with E-state index in [4.69, 9.17) is 5.73 Å². The average molecular weight is 363 g/mol. The third kappa shape index (κ3) is 4.15. The molecule has 1 aromatic rings. The second-order valence-corrected chi connectivity index (χ2v) is 4.73. The molecule has 0 aromatic carbocycles. The zero-order valence-electron chi connectivity index (χ0n) is 11.0. The van der Waals surface area contributed by atoms with Gasteiger partial charge in [0.15, 0.2) is 5.96 Å². The highest BCUT2D eigenvalue weighted by molar-refractivity contribution is 14.0. The fraction of sp³-hybridized carbons (Fsp3) is 0.667. The van der Waals surface area contributed by atoms with Gasteiger partial charge in [-0.2, -0.15) is 5.10 Å². The quantitative estimate of drug-likeness (QED) is 0.488. The summed E-state index contributed by atoms with van der Waals surface area (Å²) in [6, 6.07) is 2.55. The molecule has 1 aliphatic carbocycles. The van der Waals surface area contributed by atoms with Crippen LogP contribution in [0.1, 0.15) is 37.1 Å². The van der Waals surface area contributed by atoms with E-state index in [-0.39, 0.29) is 24.0 Å². The van der Waals surface area contributed by atoms with Crippen LogP contribution in [0.15, 0.2) is 11.1 Å². The predicted octanol–water partition coefficient (Wildman–Crippen LogP) is 1.69. The summed E-state index contributed by atoms with van der Waals surface area (Å²) in [5.41, 5.74) is 7.96. The van der Waals surface area contributed by atoms with Crippen molar-refractivity contribution in [2.45, 2.75) is 45.2 Å². The van der Waals surface area contributed by atoms with Crippen molar-refractivity contribution in [2.24, 2.45) is 17.8 Å². The molecule has 1 aliphatic rings. The van der Waals surface area contributed by atoms with Crippen molar-refractivity contribution < 1.29 is 0 Å². The number of rotatable bonds is 3. The van der Waals surface area contributed by atoms with Crippen molar-refractivity contribution in [3.63, 3.8) is 0 Å². The molecular weight excluding hydrogens is 341 g/mol. The Balaban J connectivity index is 0.00000162. The van der Waals surface area contributed by atoms with Crippen LogP contribution in [-0.4, -0.2) is 21.8 Å². The summed E-state index contributed by atoms with van der Waals surface area (Å²) < 4.78 is 1.85. The molecule has 6 heteroatoms. The lowest BCUT2D eigenvalue weighted by Crippen LogP contribution is -2.38. The molecule has 0 radical (unpaired) electrons. The first-order valence-electron chi connectivity index (χ1n) is 6.21. The number of aryl methyl sites for hydroxylation is 2. The van der Waals surface area contributed by atoms with Gasteiger partial charge in [-0.05, 0) is 25.8 Å². The van der Waals surface area contributed by atoms with Gasteiger partial charge in [0.25, 0.3) is 0 Å². The molecule has 0 bridgehead atoms. The van der Waals surface area contributed by atoms with Crippen LogP contribution in [0.5, 0.6) is 0 Å². The van der Waals surface area contributed by atoms with Crippen LogP contribution in [-0.2, 0) is 13.6 Å². The Morgan fingerprint density at radius 1 is 1.56 bits per heavy atom. The highest BCUT2D eigenvalue weighted by Gasteiger charge is 2.14. The molecule has 0 unspecified atom stereocenters. The Labute approximate surface area is 125 Å². The average Bonchev–Trinajstić information content (AvgIpc) is 2.86. The molecule has 0 aliphatic heterocycles. The minimum absolute atomic E-state index is 0. The highest BCUT2D eigenvalue weighted by Crippen LogP contribution is 2.17. The van der Waals surface area contributed by atoms with Crippen LogP contribution < -0.4 is 11.1 Å². The lowest BCUT2D eigenvalue weighted by molar-refractivity contribution is 0.623. The second-order valence-electron chi connectivity index (χ2n) is 4.73. The van der Waals surface area contributed by atoms with Gasteiger partial charge in [0.2, 0.25) is 0 Å². The maximum Gasteiger partial charge on any atom is 0.189 e. The van der Waals surface area contributed by atoms with Gasteiger partial charge in [-0.1, -0.05) is 12.8 Å². The van der Waals surface area contributed by atoms with Crippen molar-refractivity contribution >= 4 is 29.9 Å². The number of nitrogens with one attached hydrogen (secondary N) is 1. The topological polar surface area (TPSA) is 68.2 Å². The van der Waals surface area contributed by atoms with E-state index in [0.717, 1.165) is 11.4 Å². The zero-order chi connectivity index (χ0) is 12.3. The molecule has 0 saturated heterocycles. The molecule has 18 heavy (non-hydrogen) atoms. The highest BCUT2D eigenvalue weighted by atomic mass is 127. The summed E-state index contributed by atoms with van der Waals surface area (Å²) in [5, 5.41) is 7.55. The minimum atomic E-state index is 0. The lowest BCUT2D eigenvalue weighted by atomic mass is 10.2. The smallest absolute Gasteiger partial charge is 0.189 e. The summed E-state index contributed by atoms with van der Waals surface area (Å²) >= 11 is 0. The van der Waals surface area contributed by atoms with E-state index in [1.807, 2.05) is 24.7 Å². The van der Waals surface area contributed by atoms with E-state index < -0.39 is 0 Å². The van der Waals surface area contributed by atoms with E-state index in [1.54, 1.807) is 0 Å². The maximum absolute atomic E-state index is 5.87. The largest absolute Gasteiger partial charge is 0.370 e. The summed E-state index contributed by atoms with van der Waals surface area (Å²) in [7, 11) is 1.93. The van der Waals surface area contributed by atoms with Gasteiger partial charge in [-0.15, -0.1) is 24.0 Å². The van der Waals surface area contributed by atoms with Gasteiger partial charge in [0.05, 0.1) is 17.9 Å². The molecule has 102 valence electrons. The number of hydrogen-bond donors (Lipinski definition) is 2. The van der Waals surface area contributed by atoms with Crippen molar-refractivity contribution in [1.82, 2.24) is 15.1 Å². The van der Waals surface area contributed by atoms with Crippen LogP contribution >= 0.6 is 24.0 Å². The fourth-order valence-electron chi connectivity index (χ4n) is 2.30. The first-order valence-corrected chi connectivity index (χ1v) is 6.21. The Bertz CT molecular complexity index is 407. The fourth-order valence-corrected chi connectivity index (χ4v) is 2.30. The lowest BCUT2D eigenvalue weighted by Gasteiger charge is -2.12. The Morgan fingerprint density at radius 2 is 2.22 bits per heavy atom. The van der Waals surface area contributed by atoms with E-state index in [2.05, 4.69) is 15.4 Å². The third-order valence-corrected chi connectivity index (χ3v) is 3.22. The number of hydrogen-bond acceptors (Lipinski definition) is 2. The Morgan fingerprint density at radius 3 is 2.78 bits per heavy atom. The van der Waals surface area contributed by atoms with Crippen molar-refractivity contribution in [3.8, 4) is 0 Å². The van der Waals surface area contributed by atoms with E-state index in [0.29, 0.717) is 18.5 Å². The summed E-state index contributed by atoms with van der Waals surface area (Å²) in [6.45, 7) is 2.57. The molecule has 3 N–H and O–H groups in total. The maximum atomic E-state index is 5.87. The normalized spacial score (nSPS) is 16.7. The zero-order valence-corrected chi connectivity index (χ0v) is 13.3. The Kier molecular flexibility index (Phi) is 5.90. The number of nitrogens with two attached hydrogens (primary N) is 1. The summed E-state index contributed by atoms with van der Waals surface area (Å²) in [6.07, 6.45) is 5.01. The van der Waals surface area contributed by atoms with Crippen LogP contribution in [0.3, 0.4) is 0 Å². The van der Waals surface area contributed by atoms with Gasteiger partial charge >= 0.3 is 0 Å². The number of halogens is 1. The molecule has 1 heterocycles. The van der Waals surface area contributed by atoms with E-state index in [9.17, 15) is 0 Å². The number of aromatic nitrogens is 2. The molecule has 1 aromatic heterocycles. The number of aliphatic imine (C=N–C) groups is 1. The van der Waals surface area contributed by atoms with Crippen LogP contribution in [0.25, 0.3) is 0 Å². The van der Waals surface area contributed by atoms with Gasteiger partial charge in [0, 0.05) is 13.1 Å². The SMILES string of the molecule is Cc1cc(CN=C(N)NC2CCCC2)n(C)n1.I. The van der Waals surface area contributed by atoms with Crippen LogP contribution in [0, 0.1) is 6.92 Å². The van der Waals surface area contributed by atoms with Crippen molar-refractivity contribution in [2.75, 3.05) is 0 Å². The molecule has 0 spiro atoms. The van der Waals surface area contributed by atoms with Crippen molar-refractivity contribution in [3.05, 3.63) is 17.5 Å². The van der Waals surface area contributed by atoms with Gasteiger partial charge < -0.3 is 11.1 Å². The molecule has 1 fully saturated rings. The van der Waals surface area contributed by atoms with Gasteiger partial charge in [-0.3, -0.25) is 4.68 Å². The van der Waals surface area contributed by atoms with E-state index in [1.165, 1.54) is 25.7 Å². The first-order chi connectivity index (χ1) is 8.15. The van der Waals surface area contributed by atoms with Crippen LogP contribution in [0.2, 0.25) is 0 Å². The number of nitrogens with zero attached hydrogens (tertiary/aromatic N) is 3. The first kappa shape index (κ1) is 15.3. The number of guanidine groups is 1. The minimum Gasteiger partial charge on any atom is -0.370 e. The molecule has 2 rings (SSSR count). The molecule has 0 atom stereocenters. The molecule has 1 saturated carbocycles. The standard InChI is InChI=1S/C12H21N5.HI/c1-9-7-11(17(2)16-9)8-14-12(13)15-10-5-3-4-6-10;/h7,10H,3-6,8H2,1-2H3,(H3,13,14,15);1H. The van der Waals surface area contributed by atoms with Gasteiger partial charge in [-0.25, -0.2) is 4.99 Å². The second kappa shape index (κ2) is 6.96. The molecule has 5 nitrogen and oxygen atoms in total. The summed E-state index contributed by atoms with van der Waals surface area (Å²) in [4.78, 5) is 4.35. The predicted molar refractivity (Wildman–Crippen MR) is 84.1 cm³/mol. The molecule has 0 amide bonds. The Hall–Kier alpha value is -0.790.